The van der Waals surface area contributed by atoms with Gasteiger partial charge in [-0.2, -0.15) is 5.10 Å². The van der Waals surface area contributed by atoms with Crippen LogP contribution in [0.5, 0.6) is 0 Å². The lowest BCUT2D eigenvalue weighted by Gasteiger charge is -2.19. The third kappa shape index (κ3) is 2.85. The maximum atomic E-state index is 11.2. The Morgan fingerprint density at radius 1 is 1.53 bits per heavy atom. The first-order chi connectivity index (χ1) is 8.20. The van der Waals surface area contributed by atoms with Crippen LogP contribution in [0.1, 0.15) is 43.7 Å². The summed E-state index contributed by atoms with van der Waals surface area (Å²) in [5.41, 5.74) is 6.37. The summed E-state index contributed by atoms with van der Waals surface area (Å²) in [5, 5.41) is 7.24. The average Bonchev–Trinajstić information content (AvgIpc) is 2.72. The SMILES string of the molecule is Cn1nc(C2CCCCC2)cc1NC(=O)CN. The van der Waals surface area contributed by atoms with Crippen molar-refractivity contribution in [2.75, 3.05) is 11.9 Å². The number of carbonyl (C=O) groups excluding carboxylic acids is 1. The van der Waals surface area contributed by atoms with E-state index in [2.05, 4.69) is 10.4 Å². The van der Waals surface area contributed by atoms with E-state index < -0.39 is 0 Å². The molecule has 1 aromatic heterocycles. The van der Waals surface area contributed by atoms with Crippen LogP contribution < -0.4 is 11.1 Å². The van der Waals surface area contributed by atoms with Crippen molar-refractivity contribution < 1.29 is 4.79 Å². The van der Waals surface area contributed by atoms with Gasteiger partial charge in [-0.25, -0.2) is 0 Å². The molecule has 1 fully saturated rings. The highest BCUT2D eigenvalue weighted by Gasteiger charge is 2.19. The summed E-state index contributed by atoms with van der Waals surface area (Å²) < 4.78 is 1.72. The lowest BCUT2D eigenvalue weighted by Crippen LogP contribution is -2.23. The Balaban J connectivity index is 2.09. The molecule has 0 aromatic carbocycles. The van der Waals surface area contributed by atoms with Crippen molar-refractivity contribution in [3.63, 3.8) is 0 Å². The highest BCUT2D eigenvalue weighted by Crippen LogP contribution is 2.32. The van der Waals surface area contributed by atoms with E-state index in [0.717, 1.165) is 11.5 Å². The Morgan fingerprint density at radius 3 is 2.88 bits per heavy atom. The molecule has 0 saturated heterocycles. The molecule has 1 aliphatic rings. The van der Waals surface area contributed by atoms with Gasteiger partial charge in [0.25, 0.3) is 0 Å². The number of amides is 1. The number of aryl methyl sites for hydroxylation is 1. The number of carbonyl (C=O) groups is 1. The van der Waals surface area contributed by atoms with Gasteiger partial charge in [-0.3, -0.25) is 9.48 Å². The molecule has 3 N–H and O–H groups in total. The molecule has 1 amide bonds. The summed E-state index contributed by atoms with van der Waals surface area (Å²) in [6.45, 7) is 0.00391. The molecule has 5 nitrogen and oxygen atoms in total. The van der Waals surface area contributed by atoms with Gasteiger partial charge in [0, 0.05) is 19.0 Å². The van der Waals surface area contributed by atoms with Crippen molar-refractivity contribution in [2.45, 2.75) is 38.0 Å². The van der Waals surface area contributed by atoms with Gasteiger partial charge in [0.1, 0.15) is 5.82 Å². The van der Waals surface area contributed by atoms with Gasteiger partial charge in [0.15, 0.2) is 0 Å². The van der Waals surface area contributed by atoms with E-state index in [9.17, 15) is 4.79 Å². The Morgan fingerprint density at radius 2 is 2.24 bits per heavy atom. The lowest BCUT2D eigenvalue weighted by molar-refractivity contribution is -0.114. The molecule has 5 heteroatoms. The fourth-order valence-electron chi connectivity index (χ4n) is 2.40. The zero-order valence-electron chi connectivity index (χ0n) is 10.3. The number of nitrogens with one attached hydrogen (secondary N) is 1. The average molecular weight is 236 g/mol. The molecule has 0 spiro atoms. The summed E-state index contributed by atoms with van der Waals surface area (Å²) >= 11 is 0. The van der Waals surface area contributed by atoms with Crippen molar-refractivity contribution in [3.05, 3.63) is 11.8 Å². The molecule has 94 valence electrons. The summed E-state index contributed by atoms with van der Waals surface area (Å²) in [7, 11) is 1.85. The fraction of sp³-hybridized carbons (Fsp3) is 0.667. The van der Waals surface area contributed by atoms with E-state index in [0.29, 0.717) is 5.92 Å². The Labute approximate surface area is 101 Å². The Bertz CT molecular complexity index is 393. The van der Waals surface area contributed by atoms with Crippen LogP contribution in [0.15, 0.2) is 6.07 Å². The third-order valence-corrected chi connectivity index (χ3v) is 3.38. The highest BCUT2D eigenvalue weighted by molar-refractivity contribution is 5.91. The smallest absolute Gasteiger partial charge is 0.239 e. The van der Waals surface area contributed by atoms with E-state index in [1.807, 2.05) is 13.1 Å². The van der Waals surface area contributed by atoms with E-state index in [1.54, 1.807) is 4.68 Å². The topological polar surface area (TPSA) is 72.9 Å². The second-order valence-corrected chi connectivity index (χ2v) is 4.67. The van der Waals surface area contributed by atoms with Crippen molar-refractivity contribution in [1.82, 2.24) is 9.78 Å². The van der Waals surface area contributed by atoms with Gasteiger partial charge in [-0.05, 0) is 12.8 Å². The van der Waals surface area contributed by atoms with Crippen molar-refractivity contribution in [2.24, 2.45) is 12.8 Å². The van der Waals surface area contributed by atoms with Crippen LogP contribution in [0.25, 0.3) is 0 Å². The second-order valence-electron chi connectivity index (χ2n) is 4.67. The maximum Gasteiger partial charge on any atom is 0.239 e. The predicted octanol–water partition coefficient (Wildman–Crippen LogP) is 1.36. The van der Waals surface area contributed by atoms with Crippen LogP contribution in [0.2, 0.25) is 0 Å². The first-order valence-corrected chi connectivity index (χ1v) is 6.24. The predicted molar refractivity (Wildman–Crippen MR) is 66.7 cm³/mol. The molecule has 0 aliphatic heterocycles. The number of hydrogen-bond acceptors (Lipinski definition) is 3. The molecule has 0 radical (unpaired) electrons. The van der Waals surface area contributed by atoms with Crippen LogP contribution in [0.4, 0.5) is 5.82 Å². The summed E-state index contributed by atoms with van der Waals surface area (Å²) in [4.78, 5) is 11.2. The number of anilines is 1. The van der Waals surface area contributed by atoms with Gasteiger partial charge in [0.05, 0.1) is 12.2 Å². The molecule has 1 aliphatic carbocycles. The minimum Gasteiger partial charge on any atom is -0.322 e. The number of nitrogens with zero attached hydrogens (tertiary/aromatic N) is 2. The van der Waals surface area contributed by atoms with E-state index in [4.69, 9.17) is 5.73 Å². The first-order valence-electron chi connectivity index (χ1n) is 6.24. The fourth-order valence-corrected chi connectivity index (χ4v) is 2.40. The number of nitrogens with two attached hydrogens (primary N) is 1. The zero-order valence-corrected chi connectivity index (χ0v) is 10.3. The summed E-state index contributed by atoms with van der Waals surface area (Å²) in [6, 6.07) is 1.98. The van der Waals surface area contributed by atoms with Crippen molar-refractivity contribution in [1.29, 1.82) is 0 Å². The largest absolute Gasteiger partial charge is 0.322 e. The normalized spacial score (nSPS) is 17.1. The quantitative estimate of drug-likeness (QED) is 0.832. The molecule has 0 atom stereocenters. The van der Waals surface area contributed by atoms with Gasteiger partial charge in [-0.1, -0.05) is 19.3 Å². The van der Waals surface area contributed by atoms with Crippen LogP contribution in [0, 0.1) is 0 Å². The molecule has 17 heavy (non-hydrogen) atoms. The zero-order chi connectivity index (χ0) is 12.3. The molecule has 0 bridgehead atoms. The van der Waals surface area contributed by atoms with Gasteiger partial charge < -0.3 is 11.1 Å². The Kier molecular flexibility index (Phi) is 3.78. The van der Waals surface area contributed by atoms with Crippen molar-refractivity contribution >= 4 is 11.7 Å². The van der Waals surface area contributed by atoms with Gasteiger partial charge in [-0.15, -0.1) is 0 Å². The molecule has 1 saturated carbocycles. The molecule has 2 rings (SSSR count). The lowest BCUT2D eigenvalue weighted by atomic mass is 9.87. The number of rotatable bonds is 3. The molecule has 1 heterocycles. The standard InChI is InChI=1S/C12H20N4O/c1-16-11(14-12(17)8-13)7-10(15-16)9-5-3-2-4-6-9/h7,9H,2-6,8,13H2,1H3,(H,14,17). The summed E-state index contributed by atoms with van der Waals surface area (Å²) in [6.07, 6.45) is 6.32. The summed E-state index contributed by atoms with van der Waals surface area (Å²) in [5.74, 6) is 1.11. The molecule has 1 aromatic rings. The monoisotopic (exact) mass is 236 g/mol. The van der Waals surface area contributed by atoms with Gasteiger partial charge in [0.2, 0.25) is 5.91 Å². The van der Waals surface area contributed by atoms with E-state index in [1.165, 1.54) is 32.1 Å². The van der Waals surface area contributed by atoms with Crippen LogP contribution >= 0.6 is 0 Å². The molecular formula is C12H20N4O. The highest BCUT2D eigenvalue weighted by atomic mass is 16.1. The molecule has 0 unspecified atom stereocenters. The third-order valence-electron chi connectivity index (χ3n) is 3.38. The minimum absolute atomic E-state index is 0.00391. The van der Waals surface area contributed by atoms with Crippen LogP contribution in [-0.2, 0) is 11.8 Å². The number of aromatic nitrogens is 2. The van der Waals surface area contributed by atoms with Crippen LogP contribution in [0.3, 0.4) is 0 Å². The second kappa shape index (κ2) is 5.31. The first kappa shape index (κ1) is 12.1. The van der Waals surface area contributed by atoms with Crippen LogP contribution in [-0.4, -0.2) is 22.2 Å². The number of hydrogen-bond donors (Lipinski definition) is 2. The van der Waals surface area contributed by atoms with E-state index in [-0.39, 0.29) is 12.5 Å². The van der Waals surface area contributed by atoms with E-state index >= 15 is 0 Å². The Hall–Kier alpha value is -1.36. The maximum absolute atomic E-state index is 11.2. The van der Waals surface area contributed by atoms with Gasteiger partial charge >= 0.3 is 0 Å². The van der Waals surface area contributed by atoms with Crippen molar-refractivity contribution in [3.8, 4) is 0 Å². The minimum atomic E-state index is -0.178. The molecular weight excluding hydrogens is 216 g/mol.